The highest BCUT2D eigenvalue weighted by molar-refractivity contribution is 5.42. The molecule has 0 fully saturated rings. The van der Waals surface area contributed by atoms with E-state index >= 15 is 0 Å². The monoisotopic (exact) mass is 257 g/mol. The highest BCUT2D eigenvalue weighted by atomic mass is 16.5. The first-order valence-electron chi connectivity index (χ1n) is 6.74. The lowest BCUT2D eigenvalue weighted by Crippen LogP contribution is -2.30. The van der Waals surface area contributed by atoms with E-state index in [1.165, 1.54) is 16.7 Å². The van der Waals surface area contributed by atoms with E-state index in [-0.39, 0.29) is 6.04 Å². The fraction of sp³-hybridized carbons (Fsp3) is 0.400. The average Bonchev–Trinajstić information content (AvgIpc) is 2.94. The van der Waals surface area contributed by atoms with Crippen LogP contribution in [0.5, 0.6) is 5.75 Å². The van der Waals surface area contributed by atoms with E-state index < -0.39 is 0 Å². The summed E-state index contributed by atoms with van der Waals surface area (Å²) >= 11 is 0. The molecule has 1 aliphatic heterocycles. The van der Waals surface area contributed by atoms with Crippen molar-refractivity contribution in [1.82, 2.24) is 15.1 Å². The van der Waals surface area contributed by atoms with Gasteiger partial charge in [-0.2, -0.15) is 5.10 Å². The number of nitrogens with zero attached hydrogens (tertiary/aromatic N) is 2. The van der Waals surface area contributed by atoms with E-state index in [0.29, 0.717) is 0 Å². The Morgan fingerprint density at radius 1 is 1.47 bits per heavy atom. The van der Waals surface area contributed by atoms with E-state index in [4.69, 9.17) is 4.74 Å². The smallest absolute Gasteiger partial charge is 0.119 e. The number of methoxy groups -OCH3 is 1. The van der Waals surface area contributed by atoms with Gasteiger partial charge < -0.3 is 10.1 Å². The Hall–Kier alpha value is -1.81. The molecule has 0 spiro atoms. The van der Waals surface area contributed by atoms with Crippen LogP contribution in [0.1, 0.15) is 29.7 Å². The summed E-state index contributed by atoms with van der Waals surface area (Å²) in [5.74, 6) is 0.934. The molecule has 1 aromatic heterocycles. The van der Waals surface area contributed by atoms with Crippen LogP contribution in [0.3, 0.4) is 0 Å². The Morgan fingerprint density at radius 2 is 2.37 bits per heavy atom. The van der Waals surface area contributed by atoms with Crippen LogP contribution >= 0.6 is 0 Å². The summed E-state index contributed by atoms with van der Waals surface area (Å²) in [4.78, 5) is 0. The summed E-state index contributed by atoms with van der Waals surface area (Å²) in [6.45, 7) is 3.99. The summed E-state index contributed by atoms with van der Waals surface area (Å²) < 4.78 is 7.27. The van der Waals surface area contributed by atoms with Crippen LogP contribution in [-0.2, 0) is 13.0 Å². The molecule has 0 amide bonds. The zero-order chi connectivity index (χ0) is 13.2. The maximum Gasteiger partial charge on any atom is 0.119 e. The molecule has 1 atom stereocenters. The number of hydrogen-bond donors (Lipinski definition) is 1. The van der Waals surface area contributed by atoms with Crippen LogP contribution < -0.4 is 10.1 Å². The van der Waals surface area contributed by atoms with Crippen molar-refractivity contribution in [2.24, 2.45) is 0 Å². The molecule has 3 rings (SSSR count). The van der Waals surface area contributed by atoms with Gasteiger partial charge in [-0.3, -0.25) is 4.68 Å². The van der Waals surface area contributed by atoms with Gasteiger partial charge in [0.2, 0.25) is 0 Å². The Kier molecular flexibility index (Phi) is 3.25. The highest BCUT2D eigenvalue weighted by Gasteiger charge is 2.22. The maximum absolute atomic E-state index is 5.31. The van der Waals surface area contributed by atoms with Crippen LogP contribution in [0.4, 0.5) is 0 Å². The molecule has 4 nitrogen and oxygen atoms in total. The molecular formula is C15H19N3O. The third-order valence-corrected chi connectivity index (χ3v) is 3.71. The molecule has 1 aromatic carbocycles. The molecule has 100 valence electrons. The number of aromatic nitrogens is 2. The van der Waals surface area contributed by atoms with E-state index in [9.17, 15) is 0 Å². The number of ether oxygens (including phenoxy) is 1. The normalized spacial score (nSPS) is 18.1. The predicted molar refractivity (Wildman–Crippen MR) is 74.4 cm³/mol. The summed E-state index contributed by atoms with van der Waals surface area (Å²) in [5, 5.41) is 7.94. The molecule has 1 N–H and O–H groups in total. The van der Waals surface area contributed by atoms with Crippen LogP contribution in [0, 0.1) is 0 Å². The lowest BCUT2D eigenvalue weighted by molar-refractivity contribution is 0.413. The lowest BCUT2D eigenvalue weighted by atomic mass is 9.91. The van der Waals surface area contributed by atoms with Gasteiger partial charge in [-0.05, 0) is 36.6 Å². The van der Waals surface area contributed by atoms with E-state index in [2.05, 4.69) is 35.7 Å². The molecule has 19 heavy (non-hydrogen) atoms. The van der Waals surface area contributed by atoms with Gasteiger partial charge in [0.1, 0.15) is 5.75 Å². The Bertz CT molecular complexity index is 577. The zero-order valence-electron chi connectivity index (χ0n) is 11.4. The first kappa shape index (κ1) is 12.2. The number of nitrogens with one attached hydrogen (secondary N) is 1. The largest absolute Gasteiger partial charge is 0.497 e. The van der Waals surface area contributed by atoms with Gasteiger partial charge in [0.25, 0.3) is 0 Å². The Morgan fingerprint density at radius 3 is 3.11 bits per heavy atom. The third kappa shape index (κ3) is 2.24. The van der Waals surface area contributed by atoms with Crippen molar-refractivity contribution in [3.05, 3.63) is 47.3 Å². The fourth-order valence-corrected chi connectivity index (χ4v) is 2.67. The minimum atomic E-state index is 0.245. The van der Waals surface area contributed by atoms with Crippen LogP contribution in [0.2, 0.25) is 0 Å². The summed E-state index contributed by atoms with van der Waals surface area (Å²) in [7, 11) is 1.71. The standard InChI is InChI=1S/C15H19N3O/c1-3-18-10-12(9-17-18)15-14-5-4-13(19-2)8-11(14)6-7-16-15/h4-5,8-10,15-16H,3,6-7H2,1-2H3. The van der Waals surface area contributed by atoms with Crippen molar-refractivity contribution in [3.8, 4) is 5.75 Å². The number of fused-ring (bicyclic) bond motifs is 1. The number of rotatable bonds is 3. The molecule has 4 heteroatoms. The van der Waals surface area contributed by atoms with Gasteiger partial charge in [-0.15, -0.1) is 0 Å². The van der Waals surface area contributed by atoms with E-state index in [1.54, 1.807) is 7.11 Å². The molecule has 0 radical (unpaired) electrons. The second-order valence-electron chi connectivity index (χ2n) is 4.83. The van der Waals surface area contributed by atoms with Crippen molar-refractivity contribution in [1.29, 1.82) is 0 Å². The second-order valence-corrected chi connectivity index (χ2v) is 4.83. The molecule has 2 aromatic rings. The number of hydrogen-bond acceptors (Lipinski definition) is 3. The fourth-order valence-electron chi connectivity index (χ4n) is 2.67. The zero-order valence-corrected chi connectivity index (χ0v) is 11.4. The van der Waals surface area contributed by atoms with E-state index in [0.717, 1.165) is 25.3 Å². The molecule has 0 saturated heterocycles. The molecule has 1 unspecified atom stereocenters. The molecule has 0 saturated carbocycles. The average molecular weight is 257 g/mol. The van der Waals surface area contributed by atoms with Crippen molar-refractivity contribution < 1.29 is 4.74 Å². The molecule has 2 heterocycles. The lowest BCUT2D eigenvalue weighted by Gasteiger charge is -2.26. The number of aryl methyl sites for hydroxylation is 1. The topological polar surface area (TPSA) is 39.1 Å². The summed E-state index contributed by atoms with van der Waals surface area (Å²) in [6.07, 6.45) is 5.13. The van der Waals surface area contributed by atoms with Crippen molar-refractivity contribution in [3.63, 3.8) is 0 Å². The minimum absolute atomic E-state index is 0.245. The minimum Gasteiger partial charge on any atom is -0.497 e. The van der Waals surface area contributed by atoms with Crippen LogP contribution in [0.25, 0.3) is 0 Å². The maximum atomic E-state index is 5.31. The van der Waals surface area contributed by atoms with Gasteiger partial charge >= 0.3 is 0 Å². The number of benzene rings is 1. The Labute approximate surface area is 113 Å². The van der Waals surface area contributed by atoms with E-state index in [1.807, 2.05) is 16.9 Å². The van der Waals surface area contributed by atoms with Crippen molar-refractivity contribution in [2.75, 3.05) is 13.7 Å². The second kappa shape index (κ2) is 5.05. The molecule has 0 bridgehead atoms. The molecular weight excluding hydrogens is 238 g/mol. The van der Waals surface area contributed by atoms with Gasteiger partial charge in [0, 0.05) is 24.8 Å². The molecule has 0 aliphatic carbocycles. The summed E-state index contributed by atoms with van der Waals surface area (Å²) in [6, 6.07) is 6.58. The predicted octanol–water partition coefficient (Wildman–Crippen LogP) is 2.15. The third-order valence-electron chi connectivity index (χ3n) is 3.71. The van der Waals surface area contributed by atoms with Crippen LogP contribution in [0.15, 0.2) is 30.6 Å². The van der Waals surface area contributed by atoms with Gasteiger partial charge in [0.15, 0.2) is 0 Å². The Balaban J connectivity index is 1.97. The van der Waals surface area contributed by atoms with Crippen molar-refractivity contribution >= 4 is 0 Å². The molecule has 1 aliphatic rings. The van der Waals surface area contributed by atoms with Gasteiger partial charge in [0.05, 0.1) is 19.3 Å². The van der Waals surface area contributed by atoms with Crippen molar-refractivity contribution in [2.45, 2.75) is 25.9 Å². The van der Waals surface area contributed by atoms with Crippen LogP contribution in [-0.4, -0.2) is 23.4 Å². The van der Waals surface area contributed by atoms with Gasteiger partial charge in [-0.1, -0.05) is 6.07 Å². The first-order chi connectivity index (χ1) is 9.31. The SMILES string of the molecule is CCn1cc(C2NCCc3cc(OC)ccc32)cn1. The highest BCUT2D eigenvalue weighted by Crippen LogP contribution is 2.30. The quantitative estimate of drug-likeness (QED) is 0.915. The summed E-state index contributed by atoms with van der Waals surface area (Å²) in [5.41, 5.74) is 3.93. The first-order valence-corrected chi connectivity index (χ1v) is 6.74. The van der Waals surface area contributed by atoms with Gasteiger partial charge in [-0.25, -0.2) is 0 Å².